The Morgan fingerprint density at radius 3 is 2.29 bits per heavy atom. The van der Waals surface area contributed by atoms with Gasteiger partial charge in [0.15, 0.2) is 0 Å². The zero-order valence-corrected chi connectivity index (χ0v) is 11.0. The average molecular weight is 303 g/mol. The second-order valence-corrected chi connectivity index (χ2v) is 5.42. The van der Waals surface area contributed by atoms with E-state index >= 15 is 0 Å². The maximum Gasteiger partial charge on any atom is 0.0130 e. The number of rotatable bonds is 4. The van der Waals surface area contributed by atoms with E-state index in [0.717, 1.165) is 19.4 Å². The molecule has 0 aliphatic heterocycles. The molecule has 2 heteroatoms. The van der Waals surface area contributed by atoms with Gasteiger partial charge in [0.05, 0.1) is 0 Å². The molecule has 1 rings (SSSR count). The quantitative estimate of drug-likeness (QED) is 0.849. The molecule has 1 aromatic rings. The van der Waals surface area contributed by atoms with E-state index in [1.54, 1.807) is 0 Å². The van der Waals surface area contributed by atoms with Crippen LogP contribution >= 0.6 is 22.6 Å². The molecule has 2 N–H and O–H groups in total. The second-order valence-electron chi connectivity index (χ2n) is 4.17. The number of hydrogen-bond acceptors (Lipinski definition) is 1. The molecule has 1 nitrogen and oxygen atoms in total. The van der Waals surface area contributed by atoms with Crippen LogP contribution in [0.15, 0.2) is 24.3 Å². The van der Waals surface area contributed by atoms with Gasteiger partial charge in [-0.15, -0.1) is 0 Å². The molecule has 0 bridgehead atoms. The molecule has 1 unspecified atom stereocenters. The molecule has 0 radical (unpaired) electrons. The monoisotopic (exact) mass is 303 g/mol. The molecule has 0 fully saturated rings. The number of halogens is 1. The molecule has 78 valence electrons. The lowest BCUT2D eigenvalue weighted by Gasteiger charge is -2.26. The predicted molar refractivity (Wildman–Crippen MR) is 70.3 cm³/mol. The van der Waals surface area contributed by atoms with E-state index in [4.69, 9.17) is 5.73 Å². The lowest BCUT2D eigenvalue weighted by Crippen LogP contribution is -2.28. The number of hydrogen-bond donors (Lipinski definition) is 1. The average Bonchev–Trinajstić information content (AvgIpc) is 2.21. The third-order valence-electron chi connectivity index (χ3n) is 2.89. The summed E-state index contributed by atoms with van der Waals surface area (Å²) in [6.45, 7) is 5.22. The van der Waals surface area contributed by atoms with Gasteiger partial charge in [-0.25, -0.2) is 0 Å². The van der Waals surface area contributed by atoms with Crippen LogP contribution in [0.1, 0.15) is 25.8 Å². The highest BCUT2D eigenvalue weighted by Crippen LogP contribution is 2.25. The molecular formula is C12H18IN. The summed E-state index contributed by atoms with van der Waals surface area (Å²) in [5.74, 6) is 0. The van der Waals surface area contributed by atoms with Crippen LogP contribution in [0.25, 0.3) is 0 Å². The Morgan fingerprint density at radius 1 is 1.29 bits per heavy atom. The Morgan fingerprint density at radius 2 is 1.86 bits per heavy atom. The molecule has 14 heavy (non-hydrogen) atoms. The highest BCUT2D eigenvalue weighted by atomic mass is 127. The topological polar surface area (TPSA) is 26.0 Å². The van der Waals surface area contributed by atoms with Crippen molar-refractivity contribution < 1.29 is 0 Å². The van der Waals surface area contributed by atoms with Gasteiger partial charge in [-0.3, -0.25) is 0 Å². The van der Waals surface area contributed by atoms with Gasteiger partial charge < -0.3 is 5.73 Å². The molecule has 0 saturated heterocycles. The first-order valence-electron chi connectivity index (χ1n) is 5.04. The summed E-state index contributed by atoms with van der Waals surface area (Å²) in [6, 6.07) is 8.71. The van der Waals surface area contributed by atoms with E-state index in [-0.39, 0.29) is 5.41 Å². The molecule has 0 spiro atoms. The van der Waals surface area contributed by atoms with Gasteiger partial charge in [-0.2, -0.15) is 0 Å². The Kier molecular flexibility index (Phi) is 4.38. The van der Waals surface area contributed by atoms with Crippen molar-refractivity contribution >= 4 is 22.6 Å². The van der Waals surface area contributed by atoms with Gasteiger partial charge in [-0.1, -0.05) is 26.0 Å². The molecule has 1 aromatic carbocycles. The zero-order chi connectivity index (χ0) is 10.6. The molecule has 0 aromatic heterocycles. The van der Waals surface area contributed by atoms with E-state index in [2.05, 4.69) is 60.7 Å². The molecular weight excluding hydrogens is 285 g/mol. The van der Waals surface area contributed by atoms with Crippen LogP contribution in [0, 0.1) is 8.99 Å². The van der Waals surface area contributed by atoms with E-state index in [1.807, 2.05) is 0 Å². The van der Waals surface area contributed by atoms with Crippen molar-refractivity contribution in [1.82, 2.24) is 0 Å². The minimum atomic E-state index is 0.257. The van der Waals surface area contributed by atoms with Gasteiger partial charge in [0.2, 0.25) is 0 Å². The van der Waals surface area contributed by atoms with Gasteiger partial charge in [0.1, 0.15) is 0 Å². The third kappa shape index (κ3) is 3.24. The van der Waals surface area contributed by atoms with E-state index < -0.39 is 0 Å². The third-order valence-corrected chi connectivity index (χ3v) is 3.61. The Labute approximate surface area is 100 Å². The number of benzene rings is 1. The Hall–Kier alpha value is -0.0900. The fraction of sp³-hybridized carbons (Fsp3) is 0.500. The SMILES string of the molecule is CCC(C)(CN)Cc1ccc(I)cc1. The van der Waals surface area contributed by atoms with Crippen molar-refractivity contribution in [2.45, 2.75) is 26.7 Å². The van der Waals surface area contributed by atoms with Crippen molar-refractivity contribution in [2.75, 3.05) is 6.54 Å². The van der Waals surface area contributed by atoms with E-state index in [9.17, 15) is 0 Å². The summed E-state index contributed by atoms with van der Waals surface area (Å²) >= 11 is 2.33. The predicted octanol–water partition coefficient (Wildman–Crippen LogP) is 3.21. The second kappa shape index (κ2) is 5.12. The van der Waals surface area contributed by atoms with Crippen LogP contribution in [0.3, 0.4) is 0 Å². The van der Waals surface area contributed by atoms with Crippen LogP contribution in [0.4, 0.5) is 0 Å². The maximum atomic E-state index is 5.79. The first kappa shape index (κ1) is 12.0. The number of nitrogens with two attached hydrogens (primary N) is 1. The molecule has 0 aliphatic rings. The van der Waals surface area contributed by atoms with Crippen LogP contribution in [0.5, 0.6) is 0 Å². The van der Waals surface area contributed by atoms with Crippen LogP contribution in [-0.4, -0.2) is 6.54 Å². The van der Waals surface area contributed by atoms with Crippen molar-refractivity contribution in [3.05, 3.63) is 33.4 Å². The van der Waals surface area contributed by atoms with Crippen molar-refractivity contribution in [2.24, 2.45) is 11.1 Å². The summed E-state index contributed by atoms with van der Waals surface area (Å²) in [7, 11) is 0. The molecule has 0 amide bonds. The van der Waals surface area contributed by atoms with Crippen molar-refractivity contribution in [1.29, 1.82) is 0 Å². The smallest absolute Gasteiger partial charge is 0.0130 e. The zero-order valence-electron chi connectivity index (χ0n) is 8.89. The van der Waals surface area contributed by atoms with Crippen molar-refractivity contribution in [3.8, 4) is 0 Å². The largest absolute Gasteiger partial charge is 0.330 e. The van der Waals surface area contributed by atoms with Crippen LogP contribution in [-0.2, 0) is 6.42 Å². The standard InChI is InChI=1S/C12H18IN/c1-3-12(2,9-14)8-10-4-6-11(13)7-5-10/h4-7H,3,8-9,14H2,1-2H3. The van der Waals surface area contributed by atoms with Crippen LogP contribution < -0.4 is 5.73 Å². The fourth-order valence-electron chi connectivity index (χ4n) is 1.44. The van der Waals surface area contributed by atoms with Crippen molar-refractivity contribution in [3.63, 3.8) is 0 Å². The Bertz CT molecular complexity index is 275. The highest BCUT2D eigenvalue weighted by Gasteiger charge is 2.20. The minimum absolute atomic E-state index is 0.257. The normalized spacial score (nSPS) is 15.1. The first-order chi connectivity index (χ1) is 6.59. The summed E-state index contributed by atoms with van der Waals surface area (Å²) in [5, 5.41) is 0. The van der Waals surface area contributed by atoms with Crippen LogP contribution in [0.2, 0.25) is 0 Å². The highest BCUT2D eigenvalue weighted by molar-refractivity contribution is 14.1. The van der Waals surface area contributed by atoms with Gasteiger partial charge in [0, 0.05) is 3.57 Å². The first-order valence-corrected chi connectivity index (χ1v) is 6.12. The van der Waals surface area contributed by atoms with Gasteiger partial charge >= 0.3 is 0 Å². The van der Waals surface area contributed by atoms with Gasteiger partial charge in [0.25, 0.3) is 0 Å². The van der Waals surface area contributed by atoms with E-state index in [1.165, 1.54) is 9.13 Å². The maximum absolute atomic E-state index is 5.79. The molecule has 0 saturated carbocycles. The lowest BCUT2D eigenvalue weighted by atomic mass is 9.81. The summed E-state index contributed by atoms with van der Waals surface area (Å²) in [4.78, 5) is 0. The van der Waals surface area contributed by atoms with Gasteiger partial charge in [-0.05, 0) is 65.1 Å². The molecule has 0 heterocycles. The summed E-state index contributed by atoms with van der Waals surface area (Å²) in [5.41, 5.74) is 7.44. The Balaban J connectivity index is 2.72. The molecule has 1 atom stereocenters. The lowest BCUT2D eigenvalue weighted by molar-refractivity contribution is 0.320. The summed E-state index contributed by atoms with van der Waals surface area (Å²) < 4.78 is 1.29. The molecule has 0 aliphatic carbocycles. The fourth-order valence-corrected chi connectivity index (χ4v) is 1.80. The van der Waals surface area contributed by atoms with E-state index in [0.29, 0.717) is 0 Å². The minimum Gasteiger partial charge on any atom is -0.330 e. The summed E-state index contributed by atoms with van der Waals surface area (Å²) in [6.07, 6.45) is 2.21.